The summed E-state index contributed by atoms with van der Waals surface area (Å²) in [7, 11) is 0. The van der Waals surface area contributed by atoms with E-state index < -0.39 is 0 Å². The molecule has 0 N–H and O–H groups in total. The Balaban J connectivity index is 1.12. The third-order valence-corrected chi connectivity index (χ3v) is 10.6. The zero-order chi connectivity index (χ0) is 37.3. The lowest BCUT2D eigenvalue weighted by molar-refractivity contribution is 1.07. The van der Waals surface area contributed by atoms with Crippen molar-refractivity contribution in [1.29, 1.82) is 0 Å². The minimum absolute atomic E-state index is 0.622. The number of benzene rings is 9. The van der Waals surface area contributed by atoms with Crippen molar-refractivity contribution in [3.05, 3.63) is 212 Å². The van der Waals surface area contributed by atoms with Gasteiger partial charge in [0.25, 0.3) is 0 Å². The van der Waals surface area contributed by atoms with E-state index in [4.69, 9.17) is 15.0 Å². The Kier molecular flexibility index (Phi) is 8.51. The first-order valence-corrected chi connectivity index (χ1v) is 18.9. The van der Waals surface area contributed by atoms with E-state index >= 15 is 0 Å². The normalized spacial score (nSPS) is 11.2. The Morgan fingerprint density at radius 1 is 0.214 bits per heavy atom. The first-order valence-electron chi connectivity index (χ1n) is 18.9. The minimum atomic E-state index is 0.622. The molecule has 10 aromatic rings. The van der Waals surface area contributed by atoms with Crippen LogP contribution in [0.2, 0.25) is 0 Å². The van der Waals surface area contributed by atoms with Crippen LogP contribution in [0.5, 0.6) is 0 Å². The summed E-state index contributed by atoms with van der Waals surface area (Å²) in [6.45, 7) is 0. The van der Waals surface area contributed by atoms with Gasteiger partial charge >= 0.3 is 0 Å². The van der Waals surface area contributed by atoms with Crippen molar-refractivity contribution in [2.45, 2.75) is 0 Å². The van der Waals surface area contributed by atoms with Gasteiger partial charge in [-0.3, -0.25) is 0 Å². The number of aromatic nitrogens is 3. The summed E-state index contributed by atoms with van der Waals surface area (Å²) >= 11 is 0. The smallest absolute Gasteiger partial charge is 0.164 e. The van der Waals surface area contributed by atoms with Crippen molar-refractivity contribution in [3.8, 4) is 78.7 Å². The highest BCUT2D eigenvalue weighted by molar-refractivity contribution is 5.97. The molecule has 262 valence electrons. The average Bonchev–Trinajstić information content (AvgIpc) is 3.29. The summed E-state index contributed by atoms with van der Waals surface area (Å²) in [6, 6.07) is 74.7. The molecule has 0 saturated carbocycles. The third-order valence-electron chi connectivity index (χ3n) is 10.6. The Morgan fingerprint density at radius 2 is 0.679 bits per heavy atom. The van der Waals surface area contributed by atoms with Crippen LogP contribution in [0.25, 0.3) is 100 Å². The monoisotopic (exact) mass is 713 g/mol. The fraction of sp³-hybridized carbons (Fsp3) is 0. The van der Waals surface area contributed by atoms with Crippen molar-refractivity contribution in [1.82, 2.24) is 15.0 Å². The highest BCUT2D eigenvalue weighted by atomic mass is 15.0. The van der Waals surface area contributed by atoms with Gasteiger partial charge in [0.05, 0.1) is 0 Å². The van der Waals surface area contributed by atoms with Crippen LogP contribution < -0.4 is 0 Å². The SMILES string of the molecule is c1ccc(-c2ccc(-c3ccccc3)c(-c3nc(-c4ccc(-c5ccc6ccccc6c5)cc4)nc(-c4ccc(-c5cccc6ccccc56)cc4)n3)c2)cc1. The van der Waals surface area contributed by atoms with E-state index in [2.05, 4.69) is 200 Å². The van der Waals surface area contributed by atoms with Crippen molar-refractivity contribution in [3.63, 3.8) is 0 Å². The molecule has 56 heavy (non-hydrogen) atoms. The maximum atomic E-state index is 5.24. The highest BCUT2D eigenvalue weighted by Crippen LogP contribution is 2.37. The van der Waals surface area contributed by atoms with Crippen LogP contribution in [0.4, 0.5) is 0 Å². The number of nitrogens with zero attached hydrogens (tertiary/aromatic N) is 3. The quantitative estimate of drug-likeness (QED) is 0.165. The number of fused-ring (bicyclic) bond motifs is 2. The van der Waals surface area contributed by atoms with Gasteiger partial charge in [-0.1, -0.05) is 200 Å². The maximum Gasteiger partial charge on any atom is 0.164 e. The summed E-state index contributed by atoms with van der Waals surface area (Å²) in [4.78, 5) is 15.6. The molecule has 1 heterocycles. The van der Waals surface area contributed by atoms with Crippen molar-refractivity contribution in [2.24, 2.45) is 0 Å². The molecular weight excluding hydrogens is 679 g/mol. The molecule has 0 saturated heterocycles. The molecule has 10 rings (SSSR count). The topological polar surface area (TPSA) is 38.7 Å². The molecule has 3 nitrogen and oxygen atoms in total. The molecule has 0 unspecified atom stereocenters. The van der Waals surface area contributed by atoms with Crippen LogP contribution in [0.3, 0.4) is 0 Å². The summed E-state index contributed by atoms with van der Waals surface area (Å²) in [5.74, 6) is 1.87. The van der Waals surface area contributed by atoms with Gasteiger partial charge in [0.2, 0.25) is 0 Å². The van der Waals surface area contributed by atoms with E-state index in [0.717, 1.165) is 50.1 Å². The fourth-order valence-corrected chi connectivity index (χ4v) is 7.62. The Morgan fingerprint density at radius 3 is 1.39 bits per heavy atom. The second-order valence-electron chi connectivity index (χ2n) is 14.0. The van der Waals surface area contributed by atoms with Crippen molar-refractivity contribution in [2.75, 3.05) is 0 Å². The molecule has 1 aromatic heterocycles. The Hall–Kier alpha value is -7.49. The molecule has 0 aliphatic carbocycles. The fourth-order valence-electron chi connectivity index (χ4n) is 7.62. The molecule has 0 bridgehead atoms. The molecule has 0 aliphatic heterocycles. The number of rotatable bonds is 7. The predicted molar refractivity (Wildman–Crippen MR) is 233 cm³/mol. The molecule has 0 amide bonds. The summed E-state index contributed by atoms with van der Waals surface area (Å²) in [5.41, 5.74) is 11.8. The lowest BCUT2D eigenvalue weighted by Crippen LogP contribution is -2.01. The second kappa shape index (κ2) is 14.4. The van der Waals surface area contributed by atoms with Crippen LogP contribution in [0.15, 0.2) is 212 Å². The zero-order valence-electron chi connectivity index (χ0n) is 30.5. The van der Waals surface area contributed by atoms with Crippen molar-refractivity contribution < 1.29 is 0 Å². The summed E-state index contributed by atoms with van der Waals surface area (Å²) < 4.78 is 0. The van der Waals surface area contributed by atoms with E-state index in [0.29, 0.717) is 17.5 Å². The van der Waals surface area contributed by atoms with E-state index in [1.807, 2.05) is 12.1 Å². The van der Waals surface area contributed by atoms with E-state index in [1.165, 1.54) is 32.7 Å². The molecule has 0 atom stereocenters. The molecule has 9 aromatic carbocycles. The van der Waals surface area contributed by atoms with Crippen LogP contribution in [-0.4, -0.2) is 15.0 Å². The molecule has 0 radical (unpaired) electrons. The predicted octanol–water partition coefficient (Wildman–Crippen LogP) is 13.8. The first kappa shape index (κ1) is 33.1. The van der Waals surface area contributed by atoms with Gasteiger partial charge in [-0.2, -0.15) is 0 Å². The number of hydrogen-bond acceptors (Lipinski definition) is 3. The molecular formula is C53H35N3. The van der Waals surface area contributed by atoms with E-state index in [9.17, 15) is 0 Å². The average molecular weight is 714 g/mol. The Bertz CT molecular complexity index is 2990. The van der Waals surface area contributed by atoms with Crippen molar-refractivity contribution >= 4 is 21.5 Å². The van der Waals surface area contributed by atoms with Gasteiger partial charge in [0.15, 0.2) is 17.5 Å². The van der Waals surface area contributed by atoms with E-state index in [1.54, 1.807) is 0 Å². The van der Waals surface area contributed by atoms with Gasteiger partial charge in [-0.15, -0.1) is 0 Å². The first-order chi connectivity index (χ1) is 27.7. The van der Waals surface area contributed by atoms with Gasteiger partial charge in [0.1, 0.15) is 0 Å². The zero-order valence-corrected chi connectivity index (χ0v) is 30.5. The maximum absolute atomic E-state index is 5.24. The molecule has 0 aliphatic rings. The lowest BCUT2D eigenvalue weighted by Gasteiger charge is -2.14. The Labute approximate surface area is 326 Å². The van der Waals surface area contributed by atoms with Crippen LogP contribution in [0, 0.1) is 0 Å². The lowest BCUT2D eigenvalue weighted by atomic mass is 9.94. The summed E-state index contributed by atoms with van der Waals surface area (Å²) in [5, 5.41) is 4.90. The molecule has 3 heteroatoms. The van der Waals surface area contributed by atoms with Gasteiger partial charge in [0, 0.05) is 16.7 Å². The van der Waals surface area contributed by atoms with Crippen LogP contribution in [-0.2, 0) is 0 Å². The van der Waals surface area contributed by atoms with E-state index in [-0.39, 0.29) is 0 Å². The standard InChI is InChI=1S/C53H35N3/c1-3-12-36(13-4-1)46-32-33-49(39-15-5-2-6-16-39)50(35-46)53-55-51(42-27-22-38(23-28-42)45-31-24-37-14-7-8-18-44(37)34-45)54-52(56-53)43-29-25-41(26-30-43)48-21-11-19-40-17-9-10-20-47(40)48/h1-35H. The second-order valence-corrected chi connectivity index (χ2v) is 14.0. The van der Waals surface area contributed by atoms with Gasteiger partial charge in [-0.05, 0) is 78.2 Å². The highest BCUT2D eigenvalue weighted by Gasteiger charge is 2.18. The number of hydrogen-bond donors (Lipinski definition) is 0. The summed E-state index contributed by atoms with van der Waals surface area (Å²) in [6.07, 6.45) is 0. The van der Waals surface area contributed by atoms with Gasteiger partial charge < -0.3 is 0 Å². The van der Waals surface area contributed by atoms with Crippen LogP contribution >= 0.6 is 0 Å². The van der Waals surface area contributed by atoms with Crippen LogP contribution in [0.1, 0.15) is 0 Å². The third kappa shape index (κ3) is 6.42. The van der Waals surface area contributed by atoms with Gasteiger partial charge in [-0.25, -0.2) is 15.0 Å². The molecule has 0 fully saturated rings. The molecule has 0 spiro atoms. The largest absolute Gasteiger partial charge is 0.208 e. The minimum Gasteiger partial charge on any atom is -0.208 e.